The largest absolute Gasteiger partial charge is 0.340 e. The molecular formula is C14H17N3. The van der Waals surface area contributed by atoms with E-state index in [2.05, 4.69) is 22.2 Å². The van der Waals surface area contributed by atoms with Crippen LogP contribution in [0.2, 0.25) is 0 Å². The zero-order valence-corrected chi connectivity index (χ0v) is 10.3. The molecule has 0 saturated heterocycles. The predicted molar refractivity (Wildman–Crippen MR) is 70.5 cm³/mol. The van der Waals surface area contributed by atoms with Gasteiger partial charge in [-0.05, 0) is 25.5 Å². The van der Waals surface area contributed by atoms with Gasteiger partial charge in [-0.15, -0.1) is 0 Å². The Labute approximate surface area is 102 Å². The predicted octanol–water partition coefficient (Wildman–Crippen LogP) is 3.48. The van der Waals surface area contributed by atoms with Crippen LogP contribution in [0, 0.1) is 6.92 Å². The molecule has 2 aromatic rings. The normalized spacial score (nSPS) is 10.2. The zero-order chi connectivity index (χ0) is 12.1. The van der Waals surface area contributed by atoms with Gasteiger partial charge >= 0.3 is 0 Å². The fraction of sp³-hybridized carbons (Fsp3) is 0.286. The van der Waals surface area contributed by atoms with Crippen LogP contribution >= 0.6 is 0 Å². The molecule has 0 radical (unpaired) electrons. The number of aryl methyl sites for hydroxylation is 1. The Bertz CT molecular complexity index is 480. The molecule has 1 heterocycles. The van der Waals surface area contributed by atoms with Gasteiger partial charge in [0.15, 0.2) is 0 Å². The second-order valence-electron chi connectivity index (χ2n) is 4.03. The molecule has 0 aliphatic carbocycles. The van der Waals surface area contributed by atoms with E-state index in [1.807, 2.05) is 37.3 Å². The minimum Gasteiger partial charge on any atom is -0.340 e. The van der Waals surface area contributed by atoms with Crippen molar-refractivity contribution in [1.29, 1.82) is 0 Å². The summed E-state index contributed by atoms with van der Waals surface area (Å²) in [6.07, 6.45) is 3.71. The fourth-order valence-corrected chi connectivity index (χ4v) is 1.82. The molecule has 1 aromatic carbocycles. The van der Waals surface area contributed by atoms with Crippen molar-refractivity contribution in [2.24, 2.45) is 0 Å². The lowest BCUT2D eigenvalue weighted by molar-refractivity contribution is 0.886. The van der Waals surface area contributed by atoms with Gasteiger partial charge in [0.1, 0.15) is 12.1 Å². The highest BCUT2D eigenvalue weighted by molar-refractivity contribution is 5.59. The standard InChI is InChI=1S/C14H17N3/c1-3-7-13-11(2)15-10-16-14(13)17-12-8-5-4-6-9-12/h4-6,8-10H,3,7H2,1-2H3,(H,15,16,17). The van der Waals surface area contributed by atoms with Gasteiger partial charge in [0, 0.05) is 16.9 Å². The minimum atomic E-state index is 0.922. The smallest absolute Gasteiger partial charge is 0.137 e. The maximum Gasteiger partial charge on any atom is 0.137 e. The van der Waals surface area contributed by atoms with Crippen molar-refractivity contribution >= 4 is 11.5 Å². The summed E-state index contributed by atoms with van der Waals surface area (Å²) in [6.45, 7) is 4.20. The van der Waals surface area contributed by atoms with Crippen molar-refractivity contribution in [3.05, 3.63) is 47.9 Å². The van der Waals surface area contributed by atoms with Gasteiger partial charge in [0.25, 0.3) is 0 Å². The molecule has 0 aliphatic heterocycles. The van der Waals surface area contributed by atoms with E-state index < -0.39 is 0 Å². The molecule has 17 heavy (non-hydrogen) atoms. The van der Waals surface area contributed by atoms with Crippen molar-refractivity contribution in [3.63, 3.8) is 0 Å². The number of anilines is 2. The summed E-state index contributed by atoms with van der Waals surface area (Å²) >= 11 is 0. The minimum absolute atomic E-state index is 0.922. The number of rotatable bonds is 4. The van der Waals surface area contributed by atoms with Crippen LogP contribution in [0.1, 0.15) is 24.6 Å². The molecule has 0 amide bonds. The highest BCUT2D eigenvalue weighted by atomic mass is 15.0. The summed E-state index contributed by atoms with van der Waals surface area (Å²) in [6, 6.07) is 10.1. The fourth-order valence-electron chi connectivity index (χ4n) is 1.82. The average molecular weight is 227 g/mol. The molecule has 3 nitrogen and oxygen atoms in total. The first-order chi connectivity index (χ1) is 8.31. The van der Waals surface area contributed by atoms with Crippen LogP contribution in [0.5, 0.6) is 0 Å². The number of benzene rings is 1. The number of nitrogens with zero attached hydrogens (tertiary/aromatic N) is 2. The second kappa shape index (κ2) is 5.43. The Morgan fingerprint density at radius 3 is 2.59 bits per heavy atom. The van der Waals surface area contributed by atoms with Gasteiger partial charge in [-0.2, -0.15) is 0 Å². The van der Waals surface area contributed by atoms with Crippen LogP contribution in [0.4, 0.5) is 11.5 Å². The highest BCUT2D eigenvalue weighted by Gasteiger charge is 2.07. The van der Waals surface area contributed by atoms with E-state index in [1.165, 1.54) is 5.56 Å². The summed E-state index contributed by atoms with van der Waals surface area (Å²) in [4.78, 5) is 8.58. The molecule has 0 fully saturated rings. The first kappa shape index (κ1) is 11.6. The van der Waals surface area contributed by atoms with Crippen molar-refractivity contribution in [1.82, 2.24) is 9.97 Å². The van der Waals surface area contributed by atoms with Gasteiger partial charge in [-0.25, -0.2) is 9.97 Å². The van der Waals surface area contributed by atoms with E-state index >= 15 is 0 Å². The third-order valence-electron chi connectivity index (χ3n) is 2.70. The van der Waals surface area contributed by atoms with Gasteiger partial charge in [0.05, 0.1) is 0 Å². The summed E-state index contributed by atoms with van der Waals surface area (Å²) in [7, 11) is 0. The van der Waals surface area contributed by atoms with Crippen LogP contribution in [0.15, 0.2) is 36.7 Å². The van der Waals surface area contributed by atoms with Crippen molar-refractivity contribution in [3.8, 4) is 0 Å². The Hall–Kier alpha value is -1.90. The molecular weight excluding hydrogens is 210 g/mol. The quantitative estimate of drug-likeness (QED) is 0.869. The zero-order valence-electron chi connectivity index (χ0n) is 10.3. The third-order valence-corrected chi connectivity index (χ3v) is 2.70. The second-order valence-corrected chi connectivity index (χ2v) is 4.03. The molecule has 1 N–H and O–H groups in total. The Balaban J connectivity index is 2.29. The van der Waals surface area contributed by atoms with Crippen LogP contribution in [-0.2, 0) is 6.42 Å². The Morgan fingerprint density at radius 1 is 1.12 bits per heavy atom. The first-order valence-electron chi connectivity index (χ1n) is 5.93. The Morgan fingerprint density at radius 2 is 1.88 bits per heavy atom. The van der Waals surface area contributed by atoms with Gasteiger partial charge < -0.3 is 5.32 Å². The molecule has 0 saturated carbocycles. The Kier molecular flexibility index (Phi) is 3.70. The lowest BCUT2D eigenvalue weighted by Gasteiger charge is -2.11. The van der Waals surface area contributed by atoms with E-state index in [4.69, 9.17) is 0 Å². The van der Waals surface area contributed by atoms with Crippen molar-refractivity contribution in [2.45, 2.75) is 26.7 Å². The maximum atomic E-state index is 4.33. The van der Waals surface area contributed by atoms with E-state index in [-0.39, 0.29) is 0 Å². The van der Waals surface area contributed by atoms with Gasteiger partial charge in [-0.3, -0.25) is 0 Å². The number of para-hydroxylation sites is 1. The van der Waals surface area contributed by atoms with Gasteiger partial charge in [0.2, 0.25) is 0 Å². The van der Waals surface area contributed by atoms with Crippen LogP contribution in [0.25, 0.3) is 0 Å². The van der Waals surface area contributed by atoms with E-state index in [1.54, 1.807) is 6.33 Å². The molecule has 0 aliphatic rings. The first-order valence-corrected chi connectivity index (χ1v) is 5.93. The maximum absolute atomic E-state index is 4.33. The molecule has 2 rings (SSSR count). The molecule has 3 heteroatoms. The summed E-state index contributed by atoms with van der Waals surface area (Å²) in [5.41, 5.74) is 3.32. The van der Waals surface area contributed by atoms with E-state index in [0.29, 0.717) is 0 Å². The molecule has 0 spiro atoms. The van der Waals surface area contributed by atoms with E-state index in [9.17, 15) is 0 Å². The monoisotopic (exact) mass is 227 g/mol. The SMILES string of the molecule is CCCc1c(C)ncnc1Nc1ccccc1. The van der Waals surface area contributed by atoms with Crippen LogP contribution in [0.3, 0.4) is 0 Å². The lowest BCUT2D eigenvalue weighted by Crippen LogP contribution is -2.03. The molecule has 0 unspecified atom stereocenters. The van der Waals surface area contributed by atoms with Gasteiger partial charge in [-0.1, -0.05) is 31.5 Å². The van der Waals surface area contributed by atoms with Crippen molar-refractivity contribution in [2.75, 3.05) is 5.32 Å². The molecule has 1 aromatic heterocycles. The van der Waals surface area contributed by atoms with Crippen LogP contribution in [-0.4, -0.2) is 9.97 Å². The lowest BCUT2D eigenvalue weighted by atomic mass is 10.1. The highest BCUT2D eigenvalue weighted by Crippen LogP contribution is 2.20. The summed E-state index contributed by atoms with van der Waals surface area (Å²) in [5.74, 6) is 0.922. The molecule has 0 bridgehead atoms. The summed E-state index contributed by atoms with van der Waals surface area (Å²) < 4.78 is 0. The topological polar surface area (TPSA) is 37.8 Å². The number of aromatic nitrogens is 2. The van der Waals surface area contributed by atoms with Crippen molar-refractivity contribution < 1.29 is 0 Å². The molecule has 88 valence electrons. The summed E-state index contributed by atoms with van der Waals surface area (Å²) in [5, 5.41) is 3.35. The number of hydrogen-bond donors (Lipinski definition) is 1. The number of nitrogens with one attached hydrogen (secondary N) is 1. The molecule has 0 atom stereocenters. The average Bonchev–Trinajstić information content (AvgIpc) is 2.35. The number of hydrogen-bond acceptors (Lipinski definition) is 3. The third kappa shape index (κ3) is 2.81. The van der Waals surface area contributed by atoms with E-state index in [0.717, 1.165) is 30.0 Å². The van der Waals surface area contributed by atoms with Crippen LogP contribution < -0.4 is 5.32 Å².